The summed E-state index contributed by atoms with van der Waals surface area (Å²) in [7, 11) is -3.74. The molecule has 0 saturated heterocycles. The Morgan fingerprint density at radius 2 is 1.71 bits per heavy atom. The molecule has 0 aliphatic rings. The molecule has 0 atom stereocenters. The van der Waals surface area contributed by atoms with E-state index in [0.717, 1.165) is 12.4 Å². The normalized spacial score (nSPS) is 11.6. The lowest BCUT2D eigenvalue weighted by Gasteiger charge is -2.09. The van der Waals surface area contributed by atoms with Gasteiger partial charge in [0.15, 0.2) is 0 Å². The van der Waals surface area contributed by atoms with Crippen molar-refractivity contribution in [1.29, 1.82) is 0 Å². The van der Waals surface area contributed by atoms with Gasteiger partial charge >= 0.3 is 0 Å². The summed E-state index contributed by atoms with van der Waals surface area (Å²) in [6.45, 7) is 3.31. The maximum absolute atomic E-state index is 13.5. The molecule has 21 heavy (non-hydrogen) atoms. The lowest BCUT2D eigenvalue weighted by Crippen LogP contribution is -2.23. The van der Waals surface area contributed by atoms with Crippen molar-refractivity contribution in [1.82, 2.24) is 14.7 Å². The van der Waals surface area contributed by atoms with Gasteiger partial charge in [0.05, 0.1) is 12.4 Å². The molecule has 5 nitrogen and oxygen atoms in total. The smallest absolute Gasteiger partial charge is 0.225 e. The zero-order valence-electron chi connectivity index (χ0n) is 11.4. The summed E-state index contributed by atoms with van der Waals surface area (Å²) in [4.78, 5) is 7.17. The van der Waals surface area contributed by atoms with Gasteiger partial charge in [0.2, 0.25) is 15.3 Å². The van der Waals surface area contributed by atoms with Crippen molar-refractivity contribution in [3.63, 3.8) is 0 Å². The molecule has 1 heterocycles. The van der Waals surface area contributed by atoms with E-state index in [0.29, 0.717) is 16.7 Å². The lowest BCUT2D eigenvalue weighted by atomic mass is 10.1. The second kappa shape index (κ2) is 6.05. The minimum Gasteiger partial charge on any atom is -0.225 e. The van der Waals surface area contributed by atoms with Gasteiger partial charge in [0, 0.05) is 6.54 Å². The highest BCUT2D eigenvalue weighted by molar-refractivity contribution is 7.89. The molecule has 0 saturated carbocycles. The van der Waals surface area contributed by atoms with Gasteiger partial charge in [-0.2, -0.15) is 0 Å². The third-order valence-corrected chi connectivity index (χ3v) is 4.42. The van der Waals surface area contributed by atoms with E-state index in [1.165, 1.54) is 0 Å². The lowest BCUT2D eigenvalue weighted by molar-refractivity contribution is 0.580. The SMILES string of the molecule is Cc1cc(CNS(=O)(=O)c2cnc(Cl)nc2)cc(C)c1F. The van der Waals surface area contributed by atoms with E-state index >= 15 is 0 Å². The van der Waals surface area contributed by atoms with Gasteiger partial charge in [-0.3, -0.25) is 0 Å². The molecule has 0 aliphatic carbocycles. The highest BCUT2D eigenvalue weighted by Crippen LogP contribution is 2.15. The van der Waals surface area contributed by atoms with Crippen LogP contribution in [0.2, 0.25) is 5.28 Å². The predicted octanol–water partition coefficient (Wildman–Crippen LogP) is 2.36. The van der Waals surface area contributed by atoms with Crippen LogP contribution < -0.4 is 4.72 Å². The van der Waals surface area contributed by atoms with Crippen molar-refractivity contribution in [2.45, 2.75) is 25.3 Å². The van der Waals surface area contributed by atoms with Crippen LogP contribution >= 0.6 is 11.6 Å². The Hall–Kier alpha value is -1.57. The van der Waals surface area contributed by atoms with Crippen molar-refractivity contribution in [2.24, 2.45) is 0 Å². The number of halogens is 2. The number of nitrogens with zero attached hydrogens (tertiary/aromatic N) is 2. The van der Waals surface area contributed by atoms with E-state index in [2.05, 4.69) is 14.7 Å². The molecule has 0 amide bonds. The molecule has 0 bridgehead atoms. The fraction of sp³-hybridized carbons (Fsp3) is 0.231. The molecule has 8 heteroatoms. The molecule has 1 N–H and O–H groups in total. The maximum Gasteiger partial charge on any atom is 0.243 e. The fourth-order valence-corrected chi connectivity index (χ4v) is 2.84. The minimum atomic E-state index is -3.74. The first kappa shape index (κ1) is 15.8. The zero-order chi connectivity index (χ0) is 15.6. The molecule has 0 unspecified atom stereocenters. The van der Waals surface area contributed by atoms with Crippen LogP contribution in [-0.2, 0) is 16.6 Å². The van der Waals surface area contributed by atoms with Gasteiger partial charge in [-0.25, -0.2) is 27.5 Å². The maximum atomic E-state index is 13.5. The van der Waals surface area contributed by atoms with Gasteiger partial charge in [0.1, 0.15) is 10.7 Å². The molecule has 1 aromatic carbocycles. The largest absolute Gasteiger partial charge is 0.243 e. The van der Waals surface area contributed by atoms with Crippen molar-refractivity contribution in [3.05, 3.63) is 52.3 Å². The number of aryl methyl sites for hydroxylation is 2. The summed E-state index contributed by atoms with van der Waals surface area (Å²) in [5.41, 5.74) is 1.61. The number of nitrogens with one attached hydrogen (secondary N) is 1. The van der Waals surface area contributed by atoms with Crippen LogP contribution in [0, 0.1) is 19.7 Å². The van der Waals surface area contributed by atoms with Crippen LogP contribution in [0.25, 0.3) is 0 Å². The first-order chi connectivity index (χ1) is 9.79. The minimum absolute atomic E-state index is 0.0289. The van der Waals surface area contributed by atoms with E-state index < -0.39 is 10.0 Å². The Kier molecular flexibility index (Phi) is 4.55. The van der Waals surface area contributed by atoms with E-state index in [1.807, 2.05) is 0 Å². The van der Waals surface area contributed by atoms with Crippen LogP contribution in [0.3, 0.4) is 0 Å². The van der Waals surface area contributed by atoms with E-state index in [1.54, 1.807) is 26.0 Å². The van der Waals surface area contributed by atoms with Gasteiger partial charge < -0.3 is 0 Å². The summed E-state index contributed by atoms with van der Waals surface area (Å²) in [6.07, 6.45) is 2.25. The predicted molar refractivity (Wildman–Crippen MR) is 76.9 cm³/mol. The monoisotopic (exact) mass is 329 g/mol. The number of rotatable bonds is 4. The number of hydrogen-bond donors (Lipinski definition) is 1. The van der Waals surface area contributed by atoms with E-state index in [4.69, 9.17) is 11.6 Å². The standard InChI is InChI=1S/C13H13ClFN3O2S/c1-8-3-10(4-9(2)12(8)15)5-18-21(19,20)11-6-16-13(14)17-7-11/h3-4,6-7,18H,5H2,1-2H3. The molecule has 0 radical (unpaired) electrons. The molecule has 112 valence electrons. The van der Waals surface area contributed by atoms with Crippen LogP contribution in [-0.4, -0.2) is 18.4 Å². The topological polar surface area (TPSA) is 72.0 Å². The molecule has 2 rings (SSSR count). The summed E-state index contributed by atoms with van der Waals surface area (Å²) >= 11 is 5.51. The summed E-state index contributed by atoms with van der Waals surface area (Å²) in [5.74, 6) is -0.285. The Bertz CT molecular complexity index is 740. The average molecular weight is 330 g/mol. The fourth-order valence-electron chi connectivity index (χ4n) is 1.84. The molecular weight excluding hydrogens is 317 g/mol. The highest BCUT2D eigenvalue weighted by atomic mass is 35.5. The van der Waals surface area contributed by atoms with Gasteiger partial charge in [-0.1, -0.05) is 12.1 Å². The first-order valence-corrected chi connectivity index (χ1v) is 7.88. The Labute approximate surface area is 127 Å². The summed E-state index contributed by atoms with van der Waals surface area (Å²) in [6, 6.07) is 3.20. The Balaban J connectivity index is 2.17. The number of sulfonamides is 1. The van der Waals surface area contributed by atoms with Crippen LogP contribution in [0.15, 0.2) is 29.4 Å². The first-order valence-electron chi connectivity index (χ1n) is 6.02. The summed E-state index contributed by atoms with van der Waals surface area (Å²) in [5, 5.41) is -0.0289. The van der Waals surface area contributed by atoms with Crippen molar-refractivity contribution < 1.29 is 12.8 Å². The molecule has 2 aromatic rings. The second-order valence-corrected chi connectivity index (χ2v) is 6.66. The van der Waals surface area contributed by atoms with Crippen molar-refractivity contribution in [2.75, 3.05) is 0 Å². The quantitative estimate of drug-likeness (QED) is 0.874. The molecule has 0 spiro atoms. The van der Waals surface area contributed by atoms with Crippen molar-refractivity contribution in [3.8, 4) is 0 Å². The zero-order valence-corrected chi connectivity index (χ0v) is 13.0. The van der Waals surface area contributed by atoms with Gasteiger partial charge in [-0.05, 0) is 42.1 Å². The second-order valence-electron chi connectivity index (χ2n) is 4.56. The third kappa shape index (κ3) is 3.75. The van der Waals surface area contributed by atoms with E-state index in [-0.39, 0.29) is 22.5 Å². The van der Waals surface area contributed by atoms with Crippen LogP contribution in [0.5, 0.6) is 0 Å². The molecule has 0 fully saturated rings. The third-order valence-electron chi connectivity index (χ3n) is 2.87. The van der Waals surface area contributed by atoms with E-state index in [9.17, 15) is 12.8 Å². The molecular formula is C13H13ClFN3O2S. The van der Waals surface area contributed by atoms with Crippen LogP contribution in [0.4, 0.5) is 4.39 Å². The molecule has 1 aromatic heterocycles. The Morgan fingerprint density at radius 1 is 1.19 bits per heavy atom. The van der Waals surface area contributed by atoms with Gasteiger partial charge in [-0.15, -0.1) is 0 Å². The van der Waals surface area contributed by atoms with Gasteiger partial charge in [0.25, 0.3) is 0 Å². The number of aromatic nitrogens is 2. The van der Waals surface area contributed by atoms with Crippen molar-refractivity contribution >= 4 is 21.6 Å². The summed E-state index contributed by atoms with van der Waals surface area (Å²) < 4.78 is 40.0. The molecule has 0 aliphatic heterocycles. The Morgan fingerprint density at radius 3 is 2.24 bits per heavy atom. The average Bonchev–Trinajstić information content (AvgIpc) is 2.43. The number of hydrogen-bond acceptors (Lipinski definition) is 4. The highest BCUT2D eigenvalue weighted by Gasteiger charge is 2.15. The number of benzene rings is 1. The van der Waals surface area contributed by atoms with Crippen LogP contribution in [0.1, 0.15) is 16.7 Å².